The van der Waals surface area contributed by atoms with Crippen molar-refractivity contribution < 1.29 is 14.3 Å². The Hall–Kier alpha value is -2.34. The number of hydrogen-bond acceptors (Lipinski definition) is 4. The highest BCUT2D eigenvalue weighted by Crippen LogP contribution is 2.19. The first-order valence-corrected chi connectivity index (χ1v) is 7.58. The lowest BCUT2D eigenvalue weighted by Gasteiger charge is -2.11. The Morgan fingerprint density at radius 2 is 1.82 bits per heavy atom. The minimum absolute atomic E-state index is 0.00677. The average Bonchev–Trinajstić information content (AvgIpc) is 2.92. The molecule has 0 bridgehead atoms. The van der Waals surface area contributed by atoms with Gasteiger partial charge in [-0.15, -0.1) is 11.3 Å². The van der Waals surface area contributed by atoms with E-state index in [4.69, 9.17) is 4.74 Å². The molecule has 5 nitrogen and oxygen atoms in total. The molecule has 116 valence electrons. The molecular weight excluding hydrogens is 300 g/mol. The second kappa shape index (κ2) is 7.09. The van der Waals surface area contributed by atoms with Crippen molar-refractivity contribution >= 4 is 28.8 Å². The van der Waals surface area contributed by atoms with E-state index in [9.17, 15) is 9.59 Å². The first-order chi connectivity index (χ1) is 10.5. The Morgan fingerprint density at radius 3 is 2.36 bits per heavy atom. The van der Waals surface area contributed by atoms with Gasteiger partial charge in [0, 0.05) is 24.7 Å². The van der Waals surface area contributed by atoms with Gasteiger partial charge in [0.05, 0.1) is 4.88 Å². The van der Waals surface area contributed by atoms with Gasteiger partial charge in [-0.1, -0.05) is 0 Å². The Kier molecular flexibility index (Phi) is 5.16. The number of benzene rings is 1. The monoisotopic (exact) mass is 318 g/mol. The molecule has 0 saturated heterocycles. The fourth-order valence-electron chi connectivity index (χ4n) is 1.66. The molecule has 1 aromatic heterocycles. The molecule has 0 spiro atoms. The molecule has 1 heterocycles. The van der Waals surface area contributed by atoms with Crippen LogP contribution in [0.2, 0.25) is 0 Å². The van der Waals surface area contributed by atoms with E-state index in [0.717, 1.165) is 4.88 Å². The number of carbonyl (C=O) groups is 2. The van der Waals surface area contributed by atoms with Crippen molar-refractivity contribution in [2.24, 2.45) is 0 Å². The van der Waals surface area contributed by atoms with Gasteiger partial charge >= 0.3 is 0 Å². The molecule has 6 heteroatoms. The molecule has 1 aromatic carbocycles. The molecule has 1 N–H and O–H groups in total. The van der Waals surface area contributed by atoms with Gasteiger partial charge in [-0.3, -0.25) is 9.59 Å². The van der Waals surface area contributed by atoms with E-state index in [-0.39, 0.29) is 18.4 Å². The summed E-state index contributed by atoms with van der Waals surface area (Å²) in [6, 6.07) is 10.6. The van der Waals surface area contributed by atoms with Gasteiger partial charge in [0.2, 0.25) is 0 Å². The number of hydrogen-bond donors (Lipinski definition) is 1. The van der Waals surface area contributed by atoms with Gasteiger partial charge in [-0.25, -0.2) is 0 Å². The first-order valence-electron chi connectivity index (χ1n) is 6.76. The summed E-state index contributed by atoms with van der Waals surface area (Å²) in [4.78, 5) is 26.7. The number of rotatable bonds is 5. The van der Waals surface area contributed by atoms with Crippen molar-refractivity contribution in [1.29, 1.82) is 0 Å². The van der Waals surface area contributed by atoms with Crippen molar-refractivity contribution in [3.05, 3.63) is 46.2 Å². The normalized spacial score (nSPS) is 10.1. The molecule has 0 saturated carbocycles. The predicted molar refractivity (Wildman–Crippen MR) is 87.6 cm³/mol. The minimum Gasteiger partial charge on any atom is -0.484 e. The number of amides is 2. The van der Waals surface area contributed by atoms with Crippen LogP contribution in [0.1, 0.15) is 14.5 Å². The molecule has 0 aliphatic rings. The fourth-order valence-corrected chi connectivity index (χ4v) is 2.42. The molecule has 0 aliphatic carbocycles. The number of thiophene rings is 1. The summed E-state index contributed by atoms with van der Waals surface area (Å²) >= 11 is 1.45. The van der Waals surface area contributed by atoms with E-state index in [2.05, 4.69) is 5.32 Å². The summed E-state index contributed by atoms with van der Waals surface area (Å²) in [5.41, 5.74) is 0.683. The van der Waals surface area contributed by atoms with Crippen LogP contribution in [0.15, 0.2) is 36.4 Å². The van der Waals surface area contributed by atoms with Crippen molar-refractivity contribution in [2.45, 2.75) is 6.92 Å². The van der Waals surface area contributed by atoms with Gasteiger partial charge in [0.15, 0.2) is 6.61 Å². The van der Waals surface area contributed by atoms with E-state index >= 15 is 0 Å². The fraction of sp³-hybridized carbons (Fsp3) is 0.250. The zero-order chi connectivity index (χ0) is 16.1. The summed E-state index contributed by atoms with van der Waals surface area (Å²) < 4.78 is 5.38. The summed E-state index contributed by atoms with van der Waals surface area (Å²) in [6.07, 6.45) is 0. The van der Waals surface area contributed by atoms with Crippen LogP contribution in [0.3, 0.4) is 0 Å². The molecule has 2 rings (SSSR count). The van der Waals surface area contributed by atoms with Crippen LogP contribution in [-0.4, -0.2) is 37.4 Å². The number of nitrogens with one attached hydrogen (secondary N) is 1. The minimum atomic E-state index is -0.130. The molecule has 22 heavy (non-hydrogen) atoms. The average molecular weight is 318 g/mol. The van der Waals surface area contributed by atoms with Crippen molar-refractivity contribution in [1.82, 2.24) is 4.90 Å². The third-order valence-corrected chi connectivity index (χ3v) is 3.94. The van der Waals surface area contributed by atoms with Crippen molar-refractivity contribution in [3.63, 3.8) is 0 Å². The van der Waals surface area contributed by atoms with Crippen LogP contribution in [0, 0.1) is 6.92 Å². The maximum Gasteiger partial charge on any atom is 0.265 e. The topological polar surface area (TPSA) is 58.6 Å². The lowest BCUT2D eigenvalue weighted by Crippen LogP contribution is -2.27. The zero-order valence-electron chi connectivity index (χ0n) is 12.8. The van der Waals surface area contributed by atoms with Crippen LogP contribution < -0.4 is 10.1 Å². The van der Waals surface area contributed by atoms with Crippen LogP contribution >= 0.6 is 11.3 Å². The van der Waals surface area contributed by atoms with E-state index in [1.165, 1.54) is 16.2 Å². The summed E-state index contributed by atoms with van der Waals surface area (Å²) in [5.74, 6) is 0.347. The zero-order valence-corrected chi connectivity index (χ0v) is 13.6. The van der Waals surface area contributed by atoms with Crippen LogP contribution in [0.25, 0.3) is 0 Å². The molecule has 0 unspecified atom stereocenters. The Morgan fingerprint density at radius 1 is 1.14 bits per heavy atom. The van der Waals surface area contributed by atoms with E-state index in [0.29, 0.717) is 16.3 Å². The maximum atomic E-state index is 12.0. The molecule has 0 fully saturated rings. The second-order valence-electron chi connectivity index (χ2n) is 4.97. The molecule has 2 amide bonds. The Balaban J connectivity index is 1.91. The van der Waals surface area contributed by atoms with Crippen molar-refractivity contribution in [2.75, 3.05) is 26.0 Å². The molecule has 0 radical (unpaired) electrons. The van der Waals surface area contributed by atoms with Gasteiger partial charge in [0.1, 0.15) is 5.75 Å². The molecular formula is C16H18N2O3S. The Bertz CT molecular complexity index is 662. The quantitative estimate of drug-likeness (QED) is 0.922. The first kappa shape index (κ1) is 16.0. The predicted octanol–water partition coefficient (Wildman–Crippen LogP) is 2.78. The highest BCUT2D eigenvalue weighted by atomic mass is 32.1. The lowest BCUT2D eigenvalue weighted by atomic mass is 10.3. The van der Waals surface area contributed by atoms with Gasteiger partial charge in [0.25, 0.3) is 11.8 Å². The SMILES string of the molecule is Cc1ccc(C(=O)Nc2ccc(OCC(=O)N(C)C)cc2)s1. The summed E-state index contributed by atoms with van der Waals surface area (Å²) in [5, 5.41) is 2.82. The number of aryl methyl sites for hydroxylation is 1. The van der Waals surface area contributed by atoms with Gasteiger partial charge in [-0.2, -0.15) is 0 Å². The highest BCUT2D eigenvalue weighted by Gasteiger charge is 2.09. The van der Waals surface area contributed by atoms with E-state index < -0.39 is 0 Å². The van der Waals surface area contributed by atoms with E-state index in [1.807, 2.05) is 13.0 Å². The standard InChI is InChI=1S/C16H18N2O3S/c1-11-4-9-14(22-11)16(20)17-12-5-7-13(8-6-12)21-10-15(19)18(2)3/h4-9H,10H2,1-3H3,(H,17,20). The third-order valence-electron chi connectivity index (χ3n) is 2.94. The van der Waals surface area contributed by atoms with Crippen LogP contribution in [0.4, 0.5) is 5.69 Å². The summed E-state index contributed by atoms with van der Waals surface area (Å²) in [6.45, 7) is 1.95. The highest BCUT2D eigenvalue weighted by molar-refractivity contribution is 7.14. The van der Waals surface area contributed by atoms with Crippen LogP contribution in [0.5, 0.6) is 5.75 Å². The largest absolute Gasteiger partial charge is 0.484 e. The molecule has 2 aromatic rings. The maximum absolute atomic E-state index is 12.0. The van der Waals surface area contributed by atoms with E-state index in [1.54, 1.807) is 44.4 Å². The number of carbonyl (C=O) groups excluding carboxylic acids is 2. The summed E-state index contributed by atoms with van der Waals surface area (Å²) in [7, 11) is 3.35. The number of nitrogens with zero attached hydrogens (tertiary/aromatic N) is 1. The number of ether oxygens (including phenoxy) is 1. The second-order valence-corrected chi connectivity index (χ2v) is 6.25. The van der Waals surface area contributed by atoms with Crippen molar-refractivity contribution in [3.8, 4) is 5.75 Å². The van der Waals surface area contributed by atoms with Gasteiger partial charge < -0.3 is 15.0 Å². The Labute approximate surface area is 133 Å². The smallest absolute Gasteiger partial charge is 0.265 e. The number of likely N-dealkylation sites (N-methyl/N-ethyl adjacent to an activating group) is 1. The number of anilines is 1. The van der Waals surface area contributed by atoms with Gasteiger partial charge in [-0.05, 0) is 43.3 Å². The molecule has 0 atom stereocenters. The lowest BCUT2D eigenvalue weighted by molar-refractivity contribution is -0.130. The molecule has 0 aliphatic heterocycles. The third kappa shape index (κ3) is 4.33. The van der Waals surface area contributed by atoms with Crippen LogP contribution in [-0.2, 0) is 4.79 Å².